The van der Waals surface area contributed by atoms with Crippen molar-refractivity contribution in [3.8, 4) is 0 Å². The molecule has 13 heavy (non-hydrogen) atoms. The Labute approximate surface area is 84.0 Å². The third-order valence-electron chi connectivity index (χ3n) is 2.30. The van der Waals surface area contributed by atoms with Gasteiger partial charge in [-0.25, -0.2) is 0 Å². The second-order valence-electron chi connectivity index (χ2n) is 3.32. The van der Waals surface area contributed by atoms with Crippen LogP contribution < -0.4 is 4.80 Å². The summed E-state index contributed by atoms with van der Waals surface area (Å²) in [6.07, 6.45) is 2.41. The number of rotatable bonds is 3. The molecule has 3 heteroatoms. The van der Waals surface area contributed by atoms with Gasteiger partial charge in [0.1, 0.15) is 0 Å². The monoisotopic (exact) mass is 198 g/mol. The van der Waals surface area contributed by atoms with Crippen LogP contribution in [0.25, 0.3) is 0 Å². The highest BCUT2D eigenvalue weighted by atomic mass is 32.1. The second kappa shape index (κ2) is 4.61. The number of aromatic nitrogens is 1. The van der Waals surface area contributed by atoms with Crippen molar-refractivity contribution in [2.75, 3.05) is 6.54 Å². The third-order valence-corrected chi connectivity index (χ3v) is 3.49. The molecule has 74 valence electrons. The highest BCUT2D eigenvalue weighted by molar-refractivity contribution is 7.09. The van der Waals surface area contributed by atoms with Crippen molar-refractivity contribution in [1.29, 1.82) is 0 Å². The summed E-state index contributed by atoms with van der Waals surface area (Å²) in [5.74, 6) is 0. The molecule has 1 rings (SSSR count). The standard InChI is InChI=1S/C10H18N2S/c1-5-6-7-11-10-12(4)8(2)9(3)13-10/h5-7H2,1-4H3. The van der Waals surface area contributed by atoms with Crippen LogP contribution in [0.2, 0.25) is 0 Å². The van der Waals surface area contributed by atoms with Gasteiger partial charge in [-0.05, 0) is 20.3 Å². The Morgan fingerprint density at radius 2 is 2.08 bits per heavy atom. The maximum atomic E-state index is 4.56. The zero-order chi connectivity index (χ0) is 9.84. The van der Waals surface area contributed by atoms with E-state index in [4.69, 9.17) is 0 Å². The molecule has 0 aliphatic heterocycles. The predicted molar refractivity (Wildman–Crippen MR) is 58.1 cm³/mol. The molecular formula is C10H18N2S. The van der Waals surface area contributed by atoms with E-state index in [2.05, 4.69) is 37.4 Å². The maximum Gasteiger partial charge on any atom is 0.184 e. The molecule has 0 atom stereocenters. The normalized spacial score (nSPS) is 12.5. The van der Waals surface area contributed by atoms with Gasteiger partial charge in [-0.15, -0.1) is 11.3 Å². The largest absolute Gasteiger partial charge is 0.324 e. The van der Waals surface area contributed by atoms with Gasteiger partial charge in [-0.1, -0.05) is 13.3 Å². The summed E-state index contributed by atoms with van der Waals surface area (Å²) in [5, 5.41) is 0. The topological polar surface area (TPSA) is 17.3 Å². The Hall–Kier alpha value is -0.570. The fraction of sp³-hybridized carbons (Fsp3) is 0.700. The van der Waals surface area contributed by atoms with Crippen LogP contribution in [0.5, 0.6) is 0 Å². The number of hydrogen-bond donors (Lipinski definition) is 0. The van der Waals surface area contributed by atoms with Crippen LogP contribution in [0, 0.1) is 13.8 Å². The van der Waals surface area contributed by atoms with Gasteiger partial charge in [-0.2, -0.15) is 0 Å². The van der Waals surface area contributed by atoms with E-state index >= 15 is 0 Å². The molecule has 1 heterocycles. The first-order chi connectivity index (χ1) is 6.16. The SMILES string of the molecule is CCCCN=c1sc(C)c(C)n1C. The minimum Gasteiger partial charge on any atom is -0.324 e. The molecule has 1 aromatic rings. The lowest BCUT2D eigenvalue weighted by atomic mass is 10.3. The van der Waals surface area contributed by atoms with Gasteiger partial charge >= 0.3 is 0 Å². The Morgan fingerprint density at radius 1 is 1.38 bits per heavy atom. The Balaban J connectivity index is 2.88. The maximum absolute atomic E-state index is 4.56. The van der Waals surface area contributed by atoms with Crippen molar-refractivity contribution >= 4 is 11.3 Å². The molecule has 0 N–H and O–H groups in total. The molecule has 0 saturated carbocycles. The average molecular weight is 198 g/mol. The van der Waals surface area contributed by atoms with E-state index in [1.54, 1.807) is 11.3 Å². The van der Waals surface area contributed by atoms with Gasteiger partial charge < -0.3 is 4.57 Å². The van der Waals surface area contributed by atoms with E-state index in [9.17, 15) is 0 Å². The van der Waals surface area contributed by atoms with Crippen molar-refractivity contribution in [2.45, 2.75) is 33.6 Å². The molecule has 0 spiro atoms. The van der Waals surface area contributed by atoms with Gasteiger partial charge in [0, 0.05) is 24.2 Å². The lowest BCUT2D eigenvalue weighted by Gasteiger charge is -1.95. The highest BCUT2D eigenvalue weighted by Gasteiger charge is 2.00. The van der Waals surface area contributed by atoms with E-state index < -0.39 is 0 Å². The summed E-state index contributed by atoms with van der Waals surface area (Å²) in [6, 6.07) is 0. The molecule has 0 unspecified atom stereocenters. The number of hydrogen-bond acceptors (Lipinski definition) is 2. The fourth-order valence-corrected chi connectivity index (χ4v) is 2.12. The first-order valence-corrected chi connectivity index (χ1v) is 5.62. The molecule has 0 bridgehead atoms. The summed E-state index contributed by atoms with van der Waals surface area (Å²) in [6.45, 7) is 7.45. The smallest absolute Gasteiger partial charge is 0.184 e. The molecule has 0 aromatic carbocycles. The van der Waals surface area contributed by atoms with Crippen molar-refractivity contribution in [3.63, 3.8) is 0 Å². The minimum atomic E-state index is 0.962. The van der Waals surface area contributed by atoms with Crippen LogP contribution >= 0.6 is 11.3 Å². The molecular weight excluding hydrogens is 180 g/mol. The molecule has 1 aromatic heterocycles. The van der Waals surface area contributed by atoms with Crippen molar-refractivity contribution in [1.82, 2.24) is 4.57 Å². The van der Waals surface area contributed by atoms with E-state index in [1.165, 1.54) is 23.4 Å². The summed E-state index contributed by atoms with van der Waals surface area (Å²) < 4.78 is 2.18. The number of thiazole rings is 1. The Kier molecular flexibility index (Phi) is 3.72. The molecule has 0 saturated heterocycles. The second-order valence-corrected chi connectivity index (χ2v) is 4.50. The quantitative estimate of drug-likeness (QED) is 0.664. The van der Waals surface area contributed by atoms with Crippen molar-refractivity contribution < 1.29 is 0 Å². The summed E-state index contributed by atoms with van der Waals surface area (Å²) in [5.41, 5.74) is 1.33. The van der Waals surface area contributed by atoms with Crippen LogP contribution in [0.3, 0.4) is 0 Å². The van der Waals surface area contributed by atoms with Gasteiger partial charge in [0.15, 0.2) is 4.80 Å². The van der Waals surface area contributed by atoms with Crippen LogP contribution in [0.1, 0.15) is 30.3 Å². The number of aryl methyl sites for hydroxylation is 1. The molecule has 0 aliphatic carbocycles. The first kappa shape index (κ1) is 10.5. The van der Waals surface area contributed by atoms with Crippen molar-refractivity contribution in [3.05, 3.63) is 15.4 Å². The molecule has 0 amide bonds. The molecule has 0 aliphatic rings. The lowest BCUT2D eigenvalue weighted by molar-refractivity contribution is 0.757. The fourth-order valence-electron chi connectivity index (χ4n) is 1.13. The number of unbranched alkanes of at least 4 members (excludes halogenated alkanes) is 1. The summed E-state index contributed by atoms with van der Waals surface area (Å²) >= 11 is 1.79. The van der Waals surface area contributed by atoms with Gasteiger partial charge in [0.25, 0.3) is 0 Å². The van der Waals surface area contributed by atoms with Gasteiger partial charge in [0.05, 0.1) is 0 Å². The van der Waals surface area contributed by atoms with Gasteiger partial charge in [0.2, 0.25) is 0 Å². The number of nitrogens with zero attached hydrogens (tertiary/aromatic N) is 2. The van der Waals surface area contributed by atoms with E-state index in [0.29, 0.717) is 0 Å². The highest BCUT2D eigenvalue weighted by Crippen LogP contribution is 2.07. The zero-order valence-electron chi connectivity index (χ0n) is 8.92. The van der Waals surface area contributed by atoms with E-state index in [-0.39, 0.29) is 0 Å². The first-order valence-electron chi connectivity index (χ1n) is 4.80. The lowest BCUT2D eigenvalue weighted by Crippen LogP contribution is -2.12. The zero-order valence-corrected chi connectivity index (χ0v) is 9.74. The van der Waals surface area contributed by atoms with E-state index in [1.807, 2.05) is 0 Å². The Bertz CT molecular complexity index is 333. The Morgan fingerprint density at radius 3 is 2.54 bits per heavy atom. The average Bonchev–Trinajstić information content (AvgIpc) is 2.34. The third kappa shape index (κ3) is 2.44. The van der Waals surface area contributed by atoms with E-state index in [0.717, 1.165) is 11.3 Å². The van der Waals surface area contributed by atoms with Crippen molar-refractivity contribution in [2.24, 2.45) is 12.0 Å². The van der Waals surface area contributed by atoms with Gasteiger partial charge in [-0.3, -0.25) is 4.99 Å². The predicted octanol–water partition coefficient (Wildman–Crippen LogP) is 2.40. The summed E-state index contributed by atoms with van der Waals surface area (Å²) in [7, 11) is 2.09. The minimum absolute atomic E-state index is 0.962. The molecule has 0 radical (unpaired) electrons. The van der Waals surface area contributed by atoms with Crippen LogP contribution in [-0.2, 0) is 7.05 Å². The molecule has 0 fully saturated rings. The van der Waals surface area contributed by atoms with Crippen LogP contribution in [0.15, 0.2) is 4.99 Å². The van der Waals surface area contributed by atoms with Crippen LogP contribution in [-0.4, -0.2) is 11.1 Å². The van der Waals surface area contributed by atoms with Crippen LogP contribution in [0.4, 0.5) is 0 Å². The summed E-state index contributed by atoms with van der Waals surface area (Å²) in [4.78, 5) is 7.09. The molecule has 2 nitrogen and oxygen atoms in total.